The number of nitrogens with zero attached hydrogens (tertiary/aromatic N) is 3. The Morgan fingerprint density at radius 2 is 1.84 bits per heavy atom. The van der Waals surface area contributed by atoms with Gasteiger partial charge < -0.3 is 10.4 Å². The molecule has 1 aliphatic heterocycles. The zero-order valence-corrected chi connectivity index (χ0v) is 15.3. The van der Waals surface area contributed by atoms with Crippen molar-refractivity contribution in [2.24, 2.45) is 7.05 Å². The van der Waals surface area contributed by atoms with Gasteiger partial charge in [0, 0.05) is 30.9 Å². The van der Waals surface area contributed by atoms with Crippen molar-refractivity contribution < 1.29 is 14.7 Å². The summed E-state index contributed by atoms with van der Waals surface area (Å²) in [6, 6.07) is -0.574. The maximum atomic E-state index is 12.8. The van der Waals surface area contributed by atoms with Crippen LogP contribution in [0.25, 0.3) is 0 Å². The van der Waals surface area contributed by atoms with E-state index in [1.807, 2.05) is 16.6 Å². The van der Waals surface area contributed by atoms with Crippen LogP contribution >= 0.6 is 0 Å². The fraction of sp³-hybridized carbons (Fsp3) is 0.722. The summed E-state index contributed by atoms with van der Waals surface area (Å²) < 4.78 is 1.90. The lowest BCUT2D eigenvalue weighted by molar-refractivity contribution is -0.143. The first-order valence-electron chi connectivity index (χ1n) is 9.29. The Morgan fingerprint density at radius 1 is 1.16 bits per heavy atom. The lowest BCUT2D eigenvalue weighted by Crippen LogP contribution is -2.49. The molecule has 1 amide bonds. The predicted octanol–water partition coefficient (Wildman–Crippen LogP) is 1.24. The van der Waals surface area contributed by atoms with Gasteiger partial charge >= 0.3 is 5.97 Å². The number of carbonyl (C=O) groups is 2. The van der Waals surface area contributed by atoms with Crippen LogP contribution in [-0.4, -0.2) is 49.8 Å². The topological polar surface area (TPSA) is 87.5 Å². The average Bonchev–Trinajstić information content (AvgIpc) is 3.24. The molecule has 7 nitrogen and oxygen atoms in total. The Morgan fingerprint density at radius 3 is 2.40 bits per heavy atom. The third kappa shape index (κ3) is 3.42. The number of aliphatic carboxylic acids is 1. The number of carbonyl (C=O) groups excluding carboxylic acids is 1. The van der Waals surface area contributed by atoms with Crippen molar-refractivity contribution in [1.82, 2.24) is 20.0 Å². The number of amides is 1. The minimum atomic E-state index is -0.809. The molecule has 3 rings (SSSR count). The van der Waals surface area contributed by atoms with Crippen LogP contribution in [0.2, 0.25) is 0 Å². The molecular weight excluding hydrogens is 320 g/mol. The quantitative estimate of drug-likeness (QED) is 0.774. The molecule has 2 atom stereocenters. The lowest BCUT2D eigenvalue weighted by Gasteiger charge is -2.27. The summed E-state index contributed by atoms with van der Waals surface area (Å²) in [5.74, 6) is -0.861. The number of carboxylic acids is 1. The largest absolute Gasteiger partial charge is 0.480 e. The van der Waals surface area contributed by atoms with Crippen LogP contribution in [0.4, 0.5) is 0 Å². The van der Waals surface area contributed by atoms with Crippen molar-refractivity contribution in [3.05, 3.63) is 17.0 Å². The Hall–Kier alpha value is -1.89. The van der Waals surface area contributed by atoms with Gasteiger partial charge in [-0.1, -0.05) is 13.8 Å². The van der Waals surface area contributed by atoms with E-state index in [0.717, 1.165) is 42.6 Å². The first-order valence-corrected chi connectivity index (χ1v) is 9.29. The van der Waals surface area contributed by atoms with E-state index < -0.39 is 12.0 Å². The van der Waals surface area contributed by atoms with E-state index in [1.165, 1.54) is 0 Å². The first-order chi connectivity index (χ1) is 12.0. The molecule has 1 aliphatic carbocycles. The van der Waals surface area contributed by atoms with E-state index in [2.05, 4.69) is 24.3 Å². The Labute approximate surface area is 148 Å². The monoisotopic (exact) mass is 348 g/mol. The normalized spacial score (nSPS) is 23.8. The van der Waals surface area contributed by atoms with Crippen molar-refractivity contribution in [3.63, 3.8) is 0 Å². The Kier molecular flexibility index (Phi) is 5.13. The standard InChI is InChI=1S/C18H28N4O3/c1-4-13-12(14(5-2)21(3)20-13)10-19-17(23)15-8-9-16(18(24)25)22(15)11-6-7-11/h11,15-16H,4-10H2,1-3H3,(H,19,23)(H,24,25). The second kappa shape index (κ2) is 7.15. The molecule has 138 valence electrons. The third-order valence-corrected chi connectivity index (χ3v) is 5.46. The SMILES string of the molecule is CCc1nn(C)c(CC)c1CNC(=O)C1CCC(C(=O)O)N1C1CC1. The van der Waals surface area contributed by atoms with Gasteiger partial charge in [0.25, 0.3) is 0 Å². The van der Waals surface area contributed by atoms with Gasteiger partial charge in [0.2, 0.25) is 5.91 Å². The summed E-state index contributed by atoms with van der Waals surface area (Å²) >= 11 is 0. The van der Waals surface area contributed by atoms with Crippen molar-refractivity contribution in [2.45, 2.75) is 77.0 Å². The number of aromatic nitrogens is 2. The van der Waals surface area contributed by atoms with Crippen LogP contribution in [0.3, 0.4) is 0 Å². The van der Waals surface area contributed by atoms with Gasteiger partial charge in [0.05, 0.1) is 11.7 Å². The molecule has 2 heterocycles. The Balaban J connectivity index is 1.70. The third-order valence-electron chi connectivity index (χ3n) is 5.46. The summed E-state index contributed by atoms with van der Waals surface area (Å²) in [6.45, 7) is 4.62. The molecule has 1 saturated carbocycles. The van der Waals surface area contributed by atoms with E-state index in [0.29, 0.717) is 19.4 Å². The molecule has 0 aromatic carbocycles. The minimum Gasteiger partial charge on any atom is -0.480 e. The van der Waals surface area contributed by atoms with Gasteiger partial charge in [0.15, 0.2) is 0 Å². The molecule has 0 spiro atoms. The van der Waals surface area contributed by atoms with E-state index in [-0.39, 0.29) is 18.0 Å². The summed E-state index contributed by atoms with van der Waals surface area (Å²) in [5.41, 5.74) is 3.27. The van der Waals surface area contributed by atoms with Gasteiger partial charge in [-0.2, -0.15) is 5.10 Å². The van der Waals surface area contributed by atoms with Crippen LogP contribution in [0.15, 0.2) is 0 Å². The van der Waals surface area contributed by atoms with E-state index in [1.54, 1.807) is 0 Å². The summed E-state index contributed by atoms with van der Waals surface area (Å²) in [6.07, 6.45) is 4.86. The van der Waals surface area contributed by atoms with Crippen LogP contribution in [0.1, 0.15) is 56.5 Å². The van der Waals surface area contributed by atoms with Crippen LogP contribution in [0, 0.1) is 0 Å². The molecule has 2 aliphatic rings. The minimum absolute atomic E-state index is 0.0522. The number of likely N-dealkylation sites (tertiary alicyclic amines) is 1. The Bertz CT molecular complexity index is 666. The van der Waals surface area contributed by atoms with Gasteiger partial charge in [-0.05, 0) is 38.5 Å². The molecule has 2 N–H and O–H groups in total. The van der Waals surface area contributed by atoms with E-state index in [4.69, 9.17) is 0 Å². The molecule has 0 radical (unpaired) electrons. The zero-order valence-electron chi connectivity index (χ0n) is 15.3. The van der Waals surface area contributed by atoms with Crippen molar-refractivity contribution >= 4 is 11.9 Å². The number of hydrogen-bond acceptors (Lipinski definition) is 4. The lowest BCUT2D eigenvalue weighted by atomic mass is 10.1. The molecule has 7 heteroatoms. The highest BCUT2D eigenvalue weighted by Crippen LogP contribution is 2.37. The number of aryl methyl sites for hydroxylation is 2. The van der Waals surface area contributed by atoms with Crippen LogP contribution in [0.5, 0.6) is 0 Å². The first kappa shape index (κ1) is 17.9. The summed E-state index contributed by atoms with van der Waals surface area (Å²) in [4.78, 5) is 26.2. The fourth-order valence-corrected chi connectivity index (χ4v) is 4.12. The average molecular weight is 348 g/mol. The predicted molar refractivity (Wildman–Crippen MR) is 93.1 cm³/mol. The summed E-state index contributed by atoms with van der Waals surface area (Å²) in [5, 5.41) is 17.0. The van der Waals surface area contributed by atoms with Crippen molar-refractivity contribution in [3.8, 4) is 0 Å². The highest BCUT2D eigenvalue weighted by atomic mass is 16.4. The highest BCUT2D eigenvalue weighted by molar-refractivity contribution is 5.84. The molecule has 1 aromatic heterocycles. The second-order valence-corrected chi connectivity index (χ2v) is 7.05. The molecular formula is C18H28N4O3. The van der Waals surface area contributed by atoms with Gasteiger partial charge in [-0.25, -0.2) is 0 Å². The smallest absolute Gasteiger partial charge is 0.320 e. The maximum Gasteiger partial charge on any atom is 0.320 e. The van der Waals surface area contributed by atoms with Gasteiger partial charge in [-0.15, -0.1) is 0 Å². The molecule has 1 aromatic rings. The zero-order chi connectivity index (χ0) is 18.1. The molecule has 2 fully saturated rings. The number of hydrogen-bond donors (Lipinski definition) is 2. The van der Waals surface area contributed by atoms with Gasteiger partial charge in [0.1, 0.15) is 6.04 Å². The maximum absolute atomic E-state index is 12.8. The highest BCUT2D eigenvalue weighted by Gasteiger charge is 2.48. The molecule has 2 unspecified atom stereocenters. The second-order valence-electron chi connectivity index (χ2n) is 7.05. The van der Waals surface area contributed by atoms with Gasteiger partial charge in [-0.3, -0.25) is 19.2 Å². The molecule has 25 heavy (non-hydrogen) atoms. The van der Waals surface area contributed by atoms with E-state index >= 15 is 0 Å². The van der Waals surface area contributed by atoms with Crippen LogP contribution in [-0.2, 0) is 36.0 Å². The summed E-state index contributed by atoms with van der Waals surface area (Å²) in [7, 11) is 1.94. The fourth-order valence-electron chi connectivity index (χ4n) is 4.12. The van der Waals surface area contributed by atoms with E-state index in [9.17, 15) is 14.7 Å². The number of nitrogens with one attached hydrogen (secondary N) is 1. The van der Waals surface area contributed by atoms with Crippen molar-refractivity contribution in [2.75, 3.05) is 0 Å². The molecule has 1 saturated heterocycles. The number of carboxylic acid groups (broad SMARTS) is 1. The van der Waals surface area contributed by atoms with Crippen LogP contribution < -0.4 is 5.32 Å². The number of rotatable bonds is 7. The molecule has 0 bridgehead atoms. The van der Waals surface area contributed by atoms with Crippen molar-refractivity contribution in [1.29, 1.82) is 0 Å².